The summed E-state index contributed by atoms with van der Waals surface area (Å²) in [5.41, 5.74) is 6.22. The topological polar surface area (TPSA) is 113 Å². The number of hydrogen-bond donors (Lipinski definition) is 3. The second-order valence-corrected chi connectivity index (χ2v) is 6.90. The number of carbonyl (C=O) groups excluding carboxylic acids is 2. The Hall–Kier alpha value is -4.11. The van der Waals surface area contributed by atoms with Crippen LogP contribution in [0.5, 0.6) is 0 Å². The lowest BCUT2D eigenvalue weighted by molar-refractivity contribution is -0.384. The molecule has 0 atom stereocenters. The van der Waals surface area contributed by atoms with Crippen molar-refractivity contribution in [2.45, 2.75) is 6.42 Å². The van der Waals surface area contributed by atoms with Gasteiger partial charge >= 0.3 is 0 Å². The predicted molar refractivity (Wildman–Crippen MR) is 122 cm³/mol. The van der Waals surface area contributed by atoms with Gasteiger partial charge in [-0.15, -0.1) is 0 Å². The molecule has 0 saturated carbocycles. The minimum Gasteiger partial charge on any atom is -0.298 e. The lowest BCUT2D eigenvalue weighted by Crippen LogP contribution is -2.48. The van der Waals surface area contributed by atoms with Crippen molar-refractivity contribution in [3.05, 3.63) is 94.0 Å². The van der Waals surface area contributed by atoms with Crippen LogP contribution in [-0.2, 0) is 16.0 Å². The lowest BCUT2D eigenvalue weighted by atomic mass is 10.0. The highest BCUT2D eigenvalue weighted by Crippen LogP contribution is 2.18. The first-order valence-corrected chi connectivity index (χ1v) is 9.62. The van der Waals surface area contributed by atoms with E-state index in [1.54, 1.807) is 6.07 Å². The summed E-state index contributed by atoms with van der Waals surface area (Å²) >= 11 is 5.00. The molecule has 0 spiro atoms. The van der Waals surface area contributed by atoms with Crippen molar-refractivity contribution >= 4 is 51.7 Å². The summed E-state index contributed by atoms with van der Waals surface area (Å²) in [5, 5.41) is 15.1. The fourth-order valence-corrected chi connectivity index (χ4v) is 3.04. The lowest BCUT2D eigenvalue weighted by Gasteiger charge is -2.11. The van der Waals surface area contributed by atoms with E-state index >= 15 is 0 Å². The molecule has 156 valence electrons. The van der Waals surface area contributed by atoms with Gasteiger partial charge in [-0.25, -0.2) is 0 Å². The number of nitro benzene ring substituents is 1. The van der Waals surface area contributed by atoms with Crippen molar-refractivity contribution in [1.29, 1.82) is 0 Å². The van der Waals surface area contributed by atoms with Crippen molar-refractivity contribution < 1.29 is 14.5 Å². The molecule has 0 aliphatic heterocycles. The number of rotatable bonds is 5. The quantitative estimate of drug-likeness (QED) is 0.246. The molecule has 0 bridgehead atoms. The highest BCUT2D eigenvalue weighted by atomic mass is 32.1. The molecule has 3 N–H and O–H groups in total. The maximum absolute atomic E-state index is 12.2. The second-order valence-electron chi connectivity index (χ2n) is 6.49. The fraction of sp³-hybridized carbons (Fsp3) is 0.0455. The summed E-state index contributed by atoms with van der Waals surface area (Å²) < 4.78 is 0. The van der Waals surface area contributed by atoms with Crippen LogP contribution in [0.4, 0.5) is 5.69 Å². The Kier molecular flexibility index (Phi) is 7.02. The third-order valence-corrected chi connectivity index (χ3v) is 4.50. The van der Waals surface area contributed by atoms with E-state index < -0.39 is 10.8 Å². The van der Waals surface area contributed by atoms with Crippen LogP contribution in [0.1, 0.15) is 11.1 Å². The highest BCUT2D eigenvalue weighted by Gasteiger charge is 2.08. The molecule has 3 aromatic carbocycles. The van der Waals surface area contributed by atoms with Crippen LogP contribution < -0.4 is 16.2 Å². The van der Waals surface area contributed by atoms with Crippen LogP contribution in [0, 0.1) is 10.1 Å². The Balaban J connectivity index is 1.49. The summed E-state index contributed by atoms with van der Waals surface area (Å²) in [7, 11) is 0. The molecule has 8 nitrogen and oxygen atoms in total. The van der Waals surface area contributed by atoms with Crippen LogP contribution in [0.15, 0.2) is 72.8 Å². The van der Waals surface area contributed by atoms with Gasteiger partial charge in [-0.2, -0.15) is 0 Å². The highest BCUT2D eigenvalue weighted by molar-refractivity contribution is 7.80. The van der Waals surface area contributed by atoms with Gasteiger partial charge < -0.3 is 0 Å². The van der Waals surface area contributed by atoms with Crippen molar-refractivity contribution in [1.82, 2.24) is 16.2 Å². The molecule has 9 heteroatoms. The monoisotopic (exact) mass is 434 g/mol. The third kappa shape index (κ3) is 6.18. The van der Waals surface area contributed by atoms with E-state index in [4.69, 9.17) is 12.2 Å². The zero-order chi connectivity index (χ0) is 22.2. The summed E-state index contributed by atoms with van der Waals surface area (Å²) in [4.78, 5) is 34.5. The molecule has 3 rings (SSSR count). The molecular weight excluding hydrogens is 416 g/mol. The molecule has 31 heavy (non-hydrogen) atoms. The van der Waals surface area contributed by atoms with Crippen molar-refractivity contribution in [2.24, 2.45) is 0 Å². The normalized spacial score (nSPS) is 10.6. The van der Waals surface area contributed by atoms with E-state index in [2.05, 4.69) is 16.2 Å². The smallest absolute Gasteiger partial charge is 0.270 e. The Labute approximate surface area is 183 Å². The van der Waals surface area contributed by atoms with Gasteiger partial charge in [0, 0.05) is 18.2 Å². The van der Waals surface area contributed by atoms with E-state index in [-0.39, 0.29) is 23.1 Å². The SMILES string of the molecule is O=C(/C=C/c1cccc([N+](=O)[O-])c1)NC(=S)NNC(=O)Cc1cccc2ccccc12. The van der Waals surface area contributed by atoms with Crippen molar-refractivity contribution in [2.75, 3.05) is 0 Å². The van der Waals surface area contributed by atoms with Gasteiger partial charge in [-0.1, -0.05) is 54.6 Å². The number of fused-ring (bicyclic) bond motifs is 1. The van der Waals surface area contributed by atoms with Crippen molar-refractivity contribution in [3.8, 4) is 0 Å². The molecule has 0 radical (unpaired) electrons. The summed E-state index contributed by atoms with van der Waals surface area (Å²) in [6, 6.07) is 19.3. The Morgan fingerprint density at radius 2 is 1.74 bits per heavy atom. The Morgan fingerprint density at radius 1 is 1.00 bits per heavy atom. The zero-order valence-corrected chi connectivity index (χ0v) is 17.0. The largest absolute Gasteiger partial charge is 0.298 e. The number of hydrazine groups is 1. The standard InChI is InChI=1S/C22H18N4O4S/c27-20(12-11-15-5-3-9-18(13-15)26(29)30)23-22(31)25-24-21(28)14-17-8-4-7-16-6-1-2-10-19(16)17/h1-13H,14H2,(H,24,28)(H2,23,25,27,31)/b12-11+. The molecule has 0 saturated heterocycles. The van der Waals surface area contributed by atoms with Crippen LogP contribution in [0.25, 0.3) is 16.8 Å². The van der Waals surface area contributed by atoms with Gasteiger partial charge in [-0.3, -0.25) is 35.9 Å². The van der Waals surface area contributed by atoms with E-state index in [0.29, 0.717) is 5.56 Å². The van der Waals surface area contributed by atoms with E-state index in [1.807, 2.05) is 42.5 Å². The van der Waals surface area contributed by atoms with E-state index in [0.717, 1.165) is 16.3 Å². The summed E-state index contributed by atoms with van der Waals surface area (Å²) in [5.74, 6) is -0.868. The molecule has 0 aliphatic carbocycles. The maximum Gasteiger partial charge on any atom is 0.270 e. The van der Waals surface area contributed by atoms with Crippen LogP contribution >= 0.6 is 12.2 Å². The molecule has 0 heterocycles. The summed E-state index contributed by atoms with van der Waals surface area (Å²) in [6.07, 6.45) is 2.74. The minimum atomic E-state index is -0.549. The van der Waals surface area contributed by atoms with E-state index in [1.165, 1.54) is 30.4 Å². The molecule has 0 aliphatic rings. The van der Waals surface area contributed by atoms with Gasteiger partial charge in [0.05, 0.1) is 11.3 Å². The number of nitrogens with one attached hydrogen (secondary N) is 3. The van der Waals surface area contributed by atoms with Crippen LogP contribution in [0.2, 0.25) is 0 Å². The minimum absolute atomic E-state index is 0.0753. The Bertz CT molecular complexity index is 1190. The average molecular weight is 434 g/mol. The van der Waals surface area contributed by atoms with Gasteiger partial charge in [0.1, 0.15) is 0 Å². The summed E-state index contributed by atoms with van der Waals surface area (Å²) in [6.45, 7) is 0. The number of hydrogen-bond acceptors (Lipinski definition) is 5. The van der Waals surface area contributed by atoms with E-state index in [9.17, 15) is 19.7 Å². The predicted octanol–water partition coefficient (Wildman–Crippen LogP) is 3.03. The van der Waals surface area contributed by atoms with Crippen LogP contribution in [-0.4, -0.2) is 21.9 Å². The van der Waals surface area contributed by atoms with Gasteiger partial charge in [0.2, 0.25) is 11.8 Å². The van der Waals surface area contributed by atoms with Gasteiger partial charge in [0.15, 0.2) is 5.11 Å². The zero-order valence-electron chi connectivity index (χ0n) is 16.2. The maximum atomic E-state index is 12.2. The van der Waals surface area contributed by atoms with Gasteiger partial charge in [0.25, 0.3) is 5.69 Å². The Morgan fingerprint density at radius 3 is 2.55 bits per heavy atom. The fourth-order valence-electron chi connectivity index (χ4n) is 2.89. The number of non-ortho nitro benzene ring substituents is 1. The molecule has 0 unspecified atom stereocenters. The first kappa shape index (κ1) is 21.6. The number of carbonyl (C=O) groups is 2. The molecule has 3 aromatic rings. The average Bonchev–Trinajstić information content (AvgIpc) is 2.77. The number of amides is 2. The number of nitrogens with zero attached hydrogens (tertiary/aromatic N) is 1. The van der Waals surface area contributed by atoms with Crippen molar-refractivity contribution in [3.63, 3.8) is 0 Å². The number of nitro groups is 1. The number of benzene rings is 3. The van der Waals surface area contributed by atoms with Gasteiger partial charge in [-0.05, 0) is 40.2 Å². The third-order valence-electron chi connectivity index (χ3n) is 4.29. The molecular formula is C22H18N4O4S. The first-order valence-electron chi connectivity index (χ1n) is 9.21. The second kappa shape index (κ2) is 10.1. The van der Waals surface area contributed by atoms with Crippen LogP contribution in [0.3, 0.4) is 0 Å². The first-order chi connectivity index (χ1) is 14.9. The molecule has 0 fully saturated rings. The molecule has 0 aromatic heterocycles. The number of thiocarbonyl (C=S) groups is 1. The molecule has 2 amide bonds.